The van der Waals surface area contributed by atoms with Gasteiger partial charge in [0.05, 0.1) is 11.8 Å². The van der Waals surface area contributed by atoms with Crippen LogP contribution in [-0.2, 0) is 9.59 Å². The lowest BCUT2D eigenvalue weighted by Crippen LogP contribution is -2.34. The van der Waals surface area contributed by atoms with Crippen LogP contribution in [-0.4, -0.2) is 17.0 Å². The first-order valence-corrected chi connectivity index (χ1v) is 5.94. The van der Waals surface area contributed by atoms with E-state index in [0.29, 0.717) is 12.1 Å². The molecule has 94 valence electrons. The van der Waals surface area contributed by atoms with Crippen molar-refractivity contribution in [3.05, 3.63) is 42.5 Å². The van der Waals surface area contributed by atoms with Gasteiger partial charge < -0.3 is 10.4 Å². The topological polar surface area (TPSA) is 66.4 Å². The minimum Gasteiger partial charge on any atom is -0.481 e. The van der Waals surface area contributed by atoms with Crippen LogP contribution in [0.25, 0.3) is 0 Å². The Bertz CT molecular complexity index is 467. The number of carbonyl (C=O) groups is 2. The fraction of sp³-hybridized carbons (Fsp3) is 0.286. The van der Waals surface area contributed by atoms with E-state index in [2.05, 4.69) is 5.32 Å². The van der Waals surface area contributed by atoms with Crippen molar-refractivity contribution in [3.8, 4) is 0 Å². The van der Waals surface area contributed by atoms with Gasteiger partial charge in [0.1, 0.15) is 0 Å². The molecule has 0 aliphatic heterocycles. The van der Waals surface area contributed by atoms with Gasteiger partial charge in [-0.1, -0.05) is 30.4 Å². The SMILES string of the molecule is O=C(O)C1C=CCCC1C(=O)Nc1ccccc1. The summed E-state index contributed by atoms with van der Waals surface area (Å²) >= 11 is 0. The number of aliphatic carboxylic acids is 1. The summed E-state index contributed by atoms with van der Waals surface area (Å²) in [5.74, 6) is -2.38. The highest BCUT2D eigenvalue weighted by Crippen LogP contribution is 2.26. The smallest absolute Gasteiger partial charge is 0.311 e. The van der Waals surface area contributed by atoms with Crippen LogP contribution in [0.2, 0.25) is 0 Å². The molecule has 1 aromatic rings. The van der Waals surface area contributed by atoms with Crippen LogP contribution in [0, 0.1) is 11.8 Å². The molecule has 2 rings (SSSR count). The van der Waals surface area contributed by atoms with Crippen molar-refractivity contribution < 1.29 is 14.7 Å². The standard InChI is InChI=1S/C14H15NO3/c16-13(15-10-6-2-1-3-7-10)11-8-4-5-9-12(11)14(17)18/h1-3,5-7,9,11-12H,4,8H2,(H,15,16)(H,17,18). The Morgan fingerprint density at radius 2 is 1.94 bits per heavy atom. The summed E-state index contributed by atoms with van der Waals surface area (Å²) in [7, 11) is 0. The maximum absolute atomic E-state index is 12.1. The number of nitrogens with one attached hydrogen (secondary N) is 1. The van der Waals surface area contributed by atoms with Crippen molar-refractivity contribution in [2.45, 2.75) is 12.8 Å². The Kier molecular flexibility index (Phi) is 3.77. The van der Waals surface area contributed by atoms with Gasteiger partial charge in [0, 0.05) is 5.69 Å². The Balaban J connectivity index is 2.08. The van der Waals surface area contributed by atoms with Crippen LogP contribution < -0.4 is 5.32 Å². The summed E-state index contributed by atoms with van der Waals surface area (Å²) < 4.78 is 0. The Morgan fingerprint density at radius 3 is 2.61 bits per heavy atom. The molecule has 1 aromatic carbocycles. The summed E-state index contributed by atoms with van der Waals surface area (Å²) in [5.41, 5.74) is 0.696. The highest BCUT2D eigenvalue weighted by molar-refractivity contribution is 5.95. The second-order valence-electron chi connectivity index (χ2n) is 4.33. The van der Waals surface area contributed by atoms with Gasteiger partial charge in [-0.25, -0.2) is 0 Å². The van der Waals surface area contributed by atoms with E-state index in [4.69, 9.17) is 5.11 Å². The van der Waals surface area contributed by atoms with Gasteiger partial charge in [-0.15, -0.1) is 0 Å². The maximum Gasteiger partial charge on any atom is 0.311 e. The van der Waals surface area contributed by atoms with Gasteiger partial charge in [0.15, 0.2) is 0 Å². The maximum atomic E-state index is 12.1. The minimum atomic E-state index is -0.945. The number of hydrogen-bond acceptors (Lipinski definition) is 2. The summed E-state index contributed by atoms with van der Waals surface area (Å²) in [4.78, 5) is 23.2. The predicted octanol–water partition coefficient (Wildman–Crippen LogP) is 2.29. The molecule has 2 atom stereocenters. The molecule has 0 heterocycles. The Labute approximate surface area is 105 Å². The molecule has 2 N–H and O–H groups in total. The lowest BCUT2D eigenvalue weighted by molar-refractivity contribution is -0.144. The molecule has 0 spiro atoms. The van der Waals surface area contributed by atoms with Crippen LogP contribution in [0.3, 0.4) is 0 Å². The van der Waals surface area contributed by atoms with Gasteiger partial charge in [-0.05, 0) is 25.0 Å². The van der Waals surface area contributed by atoms with Gasteiger partial charge in [0.2, 0.25) is 5.91 Å². The van der Waals surface area contributed by atoms with Crippen LogP contribution in [0.5, 0.6) is 0 Å². The third-order valence-electron chi connectivity index (χ3n) is 3.08. The normalized spacial score (nSPS) is 22.4. The molecule has 4 nitrogen and oxygen atoms in total. The van der Waals surface area contributed by atoms with Crippen molar-refractivity contribution in [2.75, 3.05) is 5.32 Å². The lowest BCUT2D eigenvalue weighted by atomic mass is 9.83. The first kappa shape index (κ1) is 12.4. The van der Waals surface area contributed by atoms with Gasteiger partial charge in [-0.3, -0.25) is 9.59 Å². The zero-order valence-electron chi connectivity index (χ0n) is 9.87. The molecule has 0 fully saturated rings. The molecule has 0 saturated heterocycles. The van der Waals surface area contributed by atoms with E-state index < -0.39 is 17.8 Å². The third kappa shape index (κ3) is 2.77. The third-order valence-corrected chi connectivity index (χ3v) is 3.08. The molecule has 1 amide bonds. The highest BCUT2D eigenvalue weighted by atomic mass is 16.4. The number of rotatable bonds is 3. The number of carbonyl (C=O) groups excluding carboxylic acids is 1. The molecule has 4 heteroatoms. The van der Waals surface area contributed by atoms with Crippen molar-refractivity contribution in [1.29, 1.82) is 0 Å². The van der Waals surface area contributed by atoms with E-state index >= 15 is 0 Å². The number of amides is 1. The van der Waals surface area contributed by atoms with Crippen LogP contribution in [0.4, 0.5) is 5.69 Å². The van der Waals surface area contributed by atoms with Gasteiger partial charge >= 0.3 is 5.97 Å². The molecule has 0 saturated carbocycles. The van der Waals surface area contributed by atoms with Crippen molar-refractivity contribution in [3.63, 3.8) is 0 Å². The molecule has 1 aliphatic carbocycles. The predicted molar refractivity (Wildman–Crippen MR) is 68.1 cm³/mol. The van der Waals surface area contributed by atoms with Crippen molar-refractivity contribution >= 4 is 17.6 Å². The number of hydrogen-bond donors (Lipinski definition) is 2. The zero-order valence-corrected chi connectivity index (χ0v) is 9.87. The number of benzene rings is 1. The van der Waals surface area contributed by atoms with E-state index in [9.17, 15) is 9.59 Å². The summed E-state index contributed by atoms with van der Waals surface area (Å²) in [6.45, 7) is 0. The number of carboxylic acids is 1. The molecule has 0 bridgehead atoms. The van der Waals surface area contributed by atoms with Crippen molar-refractivity contribution in [2.24, 2.45) is 11.8 Å². The largest absolute Gasteiger partial charge is 0.481 e. The fourth-order valence-corrected chi connectivity index (χ4v) is 2.14. The average Bonchev–Trinajstić information content (AvgIpc) is 2.40. The monoisotopic (exact) mass is 245 g/mol. The van der Waals surface area contributed by atoms with E-state index in [0.717, 1.165) is 6.42 Å². The number of anilines is 1. The first-order valence-electron chi connectivity index (χ1n) is 5.94. The quantitative estimate of drug-likeness (QED) is 0.803. The van der Waals surface area contributed by atoms with E-state index in [1.165, 1.54) is 0 Å². The molecule has 0 aromatic heterocycles. The molecule has 18 heavy (non-hydrogen) atoms. The van der Waals surface area contributed by atoms with Crippen LogP contribution >= 0.6 is 0 Å². The number of allylic oxidation sites excluding steroid dienone is 1. The second-order valence-corrected chi connectivity index (χ2v) is 4.33. The lowest BCUT2D eigenvalue weighted by Gasteiger charge is -2.23. The summed E-state index contributed by atoms with van der Waals surface area (Å²) in [6.07, 6.45) is 4.76. The minimum absolute atomic E-state index is 0.224. The molecule has 0 radical (unpaired) electrons. The molecular formula is C14H15NO3. The zero-order chi connectivity index (χ0) is 13.0. The summed E-state index contributed by atoms with van der Waals surface area (Å²) in [6, 6.07) is 9.08. The molecule has 1 aliphatic rings. The molecular weight excluding hydrogens is 230 g/mol. The highest BCUT2D eigenvalue weighted by Gasteiger charge is 2.33. The van der Waals surface area contributed by atoms with E-state index in [1.54, 1.807) is 18.2 Å². The van der Waals surface area contributed by atoms with Gasteiger partial charge in [0.25, 0.3) is 0 Å². The fourth-order valence-electron chi connectivity index (χ4n) is 2.14. The average molecular weight is 245 g/mol. The molecule has 2 unspecified atom stereocenters. The number of para-hydroxylation sites is 1. The first-order chi connectivity index (χ1) is 8.68. The van der Waals surface area contributed by atoms with Crippen LogP contribution in [0.15, 0.2) is 42.5 Å². The van der Waals surface area contributed by atoms with Crippen molar-refractivity contribution in [1.82, 2.24) is 0 Å². The van der Waals surface area contributed by atoms with Gasteiger partial charge in [-0.2, -0.15) is 0 Å². The van der Waals surface area contributed by atoms with E-state index in [1.807, 2.05) is 24.3 Å². The second kappa shape index (κ2) is 5.49. The number of carboxylic acid groups (broad SMARTS) is 1. The Morgan fingerprint density at radius 1 is 1.22 bits per heavy atom. The Hall–Kier alpha value is -2.10. The summed E-state index contributed by atoms with van der Waals surface area (Å²) in [5, 5.41) is 11.9. The van der Waals surface area contributed by atoms with E-state index in [-0.39, 0.29) is 5.91 Å². The van der Waals surface area contributed by atoms with Crippen LogP contribution in [0.1, 0.15) is 12.8 Å².